The molecule has 2 N–H and O–H groups in total. The van der Waals surface area contributed by atoms with E-state index in [2.05, 4.69) is 51.5 Å². The van der Waals surface area contributed by atoms with Crippen LogP contribution < -0.4 is 10.6 Å². The number of ether oxygens (including phenoxy) is 1. The number of anilines is 1. The fraction of sp³-hybridized carbons (Fsp3) is 0.423. The summed E-state index contributed by atoms with van der Waals surface area (Å²) in [7, 11) is 0. The average Bonchev–Trinajstić information content (AvgIpc) is 3.64. The van der Waals surface area contributed by atoms with Gasteiger partial charge in [-0.05, 0) is 67.6 Å². The predicted octanol–water partition coefficient (Wildman–Crippen LogP) is 3.63. The van der Waals surface area contributed by atoms with Crippen molar-refractivity contribution in [2.24, 2.45) is 0 Å². The van der Waals surface area contributed by atoms with Crippen LogP contribution in [0.15, 0.2) is 42.6 Å². The van der Waals surface area contributed by atoms with Crippen molar-refractivity contribution in [3.63, 3.8) is 0 Å². The molecule has 1 atom stereocenters. The van der Waals surface area contributed by atoms with Gasteiger partial charge < -0.3 is 15.4 Å². The number of carbonyl (C=O) groups excluding carboxylic acids is 1. The number of carbonyl (C=O) groups is 1. The third-order valence-electron chi connectivity index (χ3n) is 6.49. The van der Waals surface area contributed by atoms with Gasteiger partial charge in [0.25, 0.3) is 5.91 Å². The van der Waals surface area contributed by atoms with E-state index in [0.717, 1.165) is 73.3 Å². The molecule has 0 radical (unpaired) electrons. The summed E-state index contributed by atoms with van der Waals surface area (Å²) in [5.74, 6) is 0.649. The Morgan fingerprint density at radius 1 is 1.21 bits per heavy atom. The minimum atomic E-state index is 0.00469. The lowest BCUT2D eigenvalue weighted by Crippen LogP contribution is -2.45. The Bertz CT molecular complexity index is 1160. The number of nitrogens with zero attached hydrogens (tertiary/aromatic N) is 3. The second-order valence-electron chi connectivity index (χ2n) is 9.13. The first-order chi connectivity index (χ1) is 16.1. The normalized spacial score (nSPS) is 18.9. The molecule has 3 aromatic rings. The Morgan fingerprint density at radius 3 is 2.91 bits per heavy atom. The Labute approximate surface area is 194 Å². The maximum Gasteiger partial charge on any atom is 0.251 e. The van der Waals surface area contributed by atoms with Gasteiger partial charge >= 0.3 is 0 Å². The number of benzene rings is 2. The highest BCUT2D eigenvalue weighted by Gasteiger charge is 2.24. The van der Waals surface area contributed by atoms with Crippen molar-refractivity contribution in [1.29, 1.82) is 0 Å². The van der Waals surface area contributed by atoms with Crippen molar-refractivity contribution < 1.29 is 9.53 Å². The molecule has 0 unspecified atom stereocenters. The molecule has 1 aliphatic carbocycles. The van der Waals surface area contributed by atoms with Crippen molar-refractivity contribution in [2.75, 3.05) is 38.2 Å². The number of hydrogen-bond acceptors (Lipinski definition) is 6. The Kier molecular flexibility index (Phi) is 6.24. The molecule has 1 saturated carbocycles. The quantitative estimate of drug-likeness (QED) is 0.578. The highest BCUT2D eigenvalue weighted by atomic mass is 16.5. The molecule has 172 valence electrons. The van der Waals surface area contributed by atoms with Gasteiger partial charge in [0, 0.05) is 48.9 Å². The first-order valence-electron chi connectivity index (χ1n) is 11.8. The highest BCUT2D eigenvalue weighted by molar-refractivity contribution is 5.96. The molecule has 5 rings (SSSR count). The molecule has 1 aliphatic heterocycles. The topological polar surface area (TPSA) is 79.4 Å². The average molecular weight is 446 g/mol. The van der Waals surface area contributed by atoms with Crippen molar-refractivity contribution in [3.8, 4) is 11.1 Å². The number of rotatable bonds is 7. The molecular weight excluding hydrogens is 414 g/mol. The predicted molar refractivity (Wildman–Crippen MR) is 131 cm³/mol. The van der Waals surface area contributed by atoms with Crippen LogP contribution >= 0.6 is 0 Å². The monoisotopic (exact) mass is 445 g/mol. The van der Waals surface area contributed by atoms with Crippen LogP contribution in [0.2, 0.25) is 0 Å². The SMILES string of the molecule is Cc1ccc(C(=O)NC2CC2)cc1-c1ccc2nc(NCCN3CCOC[C@@H]3C)ncc2c1. The summed E-state index contributed by atoms with van der Waals surface area (Å²) in [5, 5.41) is 7.40. The lowest BCUT2D eigenvalue weighted by Gasteiger charge is -2.33. The van der Waals surface area contributed by atoms with Crippen LogP contribution in [0.4, 0.5) is 5.95 Å². The van der Waals surface area contributed by atoms with E-state index in [1.807, 2.05) is 30.5 Å². The van der Waals surface area contributed by atoms with E-state index in [1.54, 1.807) is 0 Å². The summed E-state index contributed by atoms with van der Waals surface area (Å²) in [4.78, 5) is 24.1. The van der Waals surface area contributed by atoms with Gasteiger partial charge in [-0.1, -0.05) is 12.1 Å². The van der Waals surface area contributed by atoms with E-state index < -0.39 is 0 Å². The van der Waals surface area contributed by atoms with Crippen LogP contribution in [0.1, 0.15) is 35.7 Å². The van der Waals surface area contributed by atoms with Crippen LogP contribution in [0.3, 0.4) is 0 Å². The molecule has 1 aromatic heterocycles. The molecule has 7 nitrogen and oxygen atoms in total. The summed E-state index contributed by atoms with van der Waals surface area (Å²) < 4.78 is 5.50. The Morgan fingerprint density at radius 2 is 2.09 bits per heavy atom. The molecule has 33 heavy (non-hydrogen) atoms. The van der Waals surface area contributed by atoms with E-state index >= 15 is 0 Å². The van der Waals surface area contributed by atoms with Gasteiger partial charge in [0.05, 0.1) is 18.7 Å². The first-order valence-corrected chi connectivity index (χ1v) is 11.8. The molecule has 2 aromatic carbocycles. The lowest BCUT2D eigenvalue weighted by molar-refractivity contribution is 0.00180. The molecule has 2 heterocycles. The lowest BCUT2D eigenvalue weighted by atomic mass is 9.97. The van der Waals surface area contributed by atoms with Gasteiger partial charge in [-0.2, -0.15) is 0 Å². The number of hydrogen-bond donors (Lipinski definition) is 2. The molecule has 0 bridgehead atoms. The zero-order chi connectivity index (χ0) is 22.8. The van der Waals surface area contributed by atoms with Crippen molar-refractivity contribution in [2.45, 2.75) is 38.8 Å². The number of amides is 1. The summed E-state index contributed by atoms with van der Waals surface area (Å²) in [6.07, 6.45) is 4.03. The second kappa shape index (κ2) is 9.45. The van der Waals surface area contributed by atoms with Gasteiger partial charge in [-0.3, -0.25) is 9.69 Å². The van der Waals surface area contributed by atoms with Crippen molar-refractivity contribution in [1.82, 2.24) is 20.2 Å². The van der Waals surface area contributed by atoms with E-state index in [1.165, 1.54) is 0 Å². The maximum atomic E-state index is 12.5. The van der Waals surface area contributed by atoms with Crippen LogP contribution in [-0.4, -0.2) is 65.7 Å². The fourth-order valence-corrected chi connectivity index (χ4v) is 4.26. The molecule has 7 heteroatoms. The maximum absolute atomic E-state index is 12.5. The van der Waals surface area contributed by atoms with Gasteiger partial charge in [0.2, 0.25) is 5.95 Å². The molecular formula is C26H31N5O2. The van der Waals surface area contributed by atoms with Crippen molar-refractivity contribution in [3.05, 3.63) is 53.7 Å². The zero-order valence-corrected chi connectivity index (χ0v) is 19.3. The number of nitrogens with one attached hydrogen (secondary N) is 2. The Balaban J connectivity index is 1.29. The smallest absolute Gasteiger partial charge is 0.251 e. The van der Waals surface area contributed by atoms with E-state index in [4.69, 9.17) is 4.74 Å². The van der Waals surface area contributed by atoms with Gasteiger partial charge in [-0.15, -0.1) is 0 Å². The summed E-state index contributed by atoms with van der Waals surface area (Å²) in [5.41, 5.74) is 4.85. The summed E-state index contributed by atoms with van der Waals surface area (Å²) in [6, 6.07) is 12.9. The minimum absolute atomic E-state index is 0.00469. The van der Waals surface area contributed by atoms with Gasteiger partial charge in [-0.25, -0.2) is 9.97 Å². The Hall–Kier alpha value is -3.03. The highest BCUT2D eigenvalue weighted by Crippen LogP contribution is 2.28. The first kappa shape index (κ1) is 21.8. The summed E-state index contributed by atoms with van der Waals surface area (Å²) in [6.45, 7) is 8.56. The fourth-order valence-electron chi connectivity index (χ4n) is 4.26. The molecule has 2 aliphatic rings. The van der Waals surface area contributed by atoms with Crippen LogP contribution in [-0.2, 0) is 4.74 Å². The van der Waals surface area contributed by atoms with Crippen LogP contribution in [0, 0.1) is 6.92 Å². The number of aryl methyl sites for hydroxylation is 1. The molecule has 1 amide bonds. The van der Waals surface area contributed by atoms with Crippen LogP contribution in [0.5, 0.6) is 0 Å². The number of morpholine rings is 1. The van der Waals surface area contributed by atoms with E-state index in [-0.39, 0.29) is 5.91 Å². The third-order valence-corrected chi connectivity index (χ3v) is 6.49. The number of fused-ring (bicyclic) bond motifs is 1. The summed E-state index contributed by atoms with van der Waals surface area (Å²) >= 11 is 0. The molecule has 1 saturated heterocycles. The standard InChI is InChI=1S/C26H31N5O2/c1-17-3-4-20(25(32)29-22-6-7-22)14-23(17)19-5-8-24-21(13-19)15-28-26(30-24)27-9-10-31-11-12-33-16-18(31)2/h3-5,8,13-15,18,22H,6-7,9-12,16H2,1-2H3,(H,29,32)(H,27,28,30)/t18-/m0/s1. The zero-order valence-electron chi connectivity index (χ0n) is 19.3. The molecule has 0 spiro atoms. The van der Waals surface area contributed by atoms with Gasteiger partial charge in [0.15, 0.2) is 0 Å². The number of aromatic nitrogens is 2. The third kappa shape index (κ3) is 5.15. The molecule has 2 fully saturated rings. The largest absolute Gasteiger partial charge is 0.379 e. The van der Waals surface area contributed by atoms with Gasteiger partial charge in [0.1, 0.15) is 0 Å². The van der Waals surface area contributed by atoms with Crippen molar-refractivity contribution >= 4 is 22.8 Å². The van der Waals surface area contributed by atoms with E-state index in [0.29, 0.717) is 23.6 Å². The second-order valence-corrected chi connectivity index (χ2v) is 9.13. The van der Waals surface area contributed by atoms with Crippen LogP contribution in [0.25, 0.3) is 22.0 Å². The van der Waals surface area contributed by atoms with E-state index in [9.17, 15) is 4.79 Å². The minimum Gasteiger partial charge on any atom is -0.379 e.